The molecule has 1 unspecified atom stereocenters. The average molecular weight is 377 g/mol. The number of fused-ring (bicyclic) bond motifs is 1. The highest BCUT2D eigenvalue weighted by Gasteiger charge is 2.31. The number of benzene rings is 1. The fourth-order valence-electron chi connectivity index (χ4n) is 3.05. The van der Waals surface area contributed by atoms with Crippen molar-refractivity contribution in [3.63, 3.8) is 0 Å². The zero-order chi connectivity index (χ0) is 19.1. The lowest BCUT2D eigenvalue weighted by molar-refractivity contribution is 0.0237. The number of carbonyl (C=O) groups is 2. The first-order chi connectivity index (χ1) is 12.2. The molecule has 1 fully saturated rings. The molecule has 7 nitrogen and oxygen atoms in total. The maximum Gasteiger partial charge on any atom is 0.410 e. The van der Waals surface area contributed by atoms with Crippen molar-refractivity contribution in [1.29, 1.82) is 0 Å². The monoisotopic (exact) mass is 377 g/mol. The maximum atomic E-state index is 12.3. The van der Waals surface area contributed by atoms with Gasteiger partial charge in [0.15, 0.2) is 5.69 Å². The predicted molar refractivity (Wildman–Crippen MR) is 101 cm³/mol. The number of likely N-dealkylation sites (N-methyl/N-ethyl adjacent to an activating group) is 1. The molecule has 1 aromatic carbocycles. The van der Waals surface area contributed by atoms with E-state index in [0.717, 1.165) is 23.4 Å². The zero-order valence-corrected chi connectivity index (χ0v) is 16.2. The van der Waals surface area contributed by atoms with E-state index in [1.807, 2.05) is 39.0 Å². The number of rotatable bonds is 3. The fraction of sp³-hybridized carbons (Fsp3) is 0.500. The first-order valence-corrected chi connectivity index (χ1v) is 9.26. The van der Waals surface area contributed by atoms with E-state index < -0.39 is 11.6 Å². The molecular formula is C18H23N3O4S. The van der Waals surface area contributed by atoms with Crippen molar-refractivity contribution < 1.29 is 19.4 Å². The Morgan fingerprint density at radius 3 is 2.77 bits per heavy atom. The van der Waals surface area contributed by atoms with Crippen LogP contribution in [-0.2, 0) is 4.74 Å². The lowest BCUT2D eigenvalue weighted by atomic mass is 10.2. The summed E-state index contributed by atoms with van der Waals surface area (Å²) in [4.78, 5) is 27.3. The van der Waals surface area contributed by atoms with E-state index in [0.29, 0.717) is 11.9 Å². The van der Waals surface area contributed by atoms with E-state index in [9.17, 15) is 9.59 Å². The Kier molecular flexibility index (Phi) is 4.79. The van der Waals surface area contributed by atoms with E-state index in [1.54, 1.807) is 11.9 Å². The zero-order valence-electron chi connectivity index (χ0n) is 15.4. The number of hydrogen-bond acceptors (Lipinski definition) is 6. The van der Waals surface area contributed by atoms with Gasteiger partial charge in [0.05, 0.1) is 10.7 Å². The summed E-state index contributed by atoms with van der Waals surface area (Å²) in [5.41, 5.74) is 0.599. The van der Waals surface area contributed by atoms with Gasteiger partial charge in [-0.2, -0.15) is 4.37 Å². The molecule has 1 amide bonds. The van der Waals surface area contributed by atoms with Gasteiger partial charge in [-0.25, -0.2) is 9.59 Å². The minimum Gasteiger partial charge on any atom is -0.476 e. The smallest absolute Gasteiger partial charge is 0.410 e. The van der Waals surface area contributed by atoms with Crippen molar-refractivity contribution in [3.8, 4) is 0 Å². The van der Waals surface area contributed by atoms with Gasteiger partial charge in [0.25, 0.3) is 0 Å². The summed E-state index contributed by atoms with van der Waals surface area (Å²) in [5.74, 6) is -1.01. The summed E-state index contributed by atoms with van der Waals surface area (Å²) >= 11 is 1.19. The first-order valence-electron chi connectivity index (χ1n) is 8.49. The molecule has 1 saturated heterocycles. The minimum atomic E-state index is -1.01. The minimum absolute atomic E-state index is 0.0802. The lowest BCUT2D eigenvalue weighted by Crippen LogP contribution is -2.42. The number of nitrogens with zero attached hydrogens (tertiary/aromatic N) is 3. The molecule has 1 aromatic heterocycles. The molecule has 1 N–H and O–H groups in total. The third kappa shape index (κ3) is 3.75. The van der Waals surface area contributed by atoms with E-state index in [1.165, 1.54) is 11.5 Å². The third-order valence-electron chi connectivity index (χ3n) is 4.42. The van der Waals surface area contributed by atoms with Crippen LogP contribution >= 0.6 is 11.5 Å². The molecule has 0 bridgehead atoms. The molecule has 0 saturated carbocycles. The van der Waals surface area contributed by atoms with Crippen LogP contribution in [0, 0.1) is 0 Å². The van der Waals surface area contributed by atoms with Crippen LogP contribution in [0.1, 0.15) is 37.7 Å². The summed E-state index contributed by atoms with van der Waals surface area (Å²) in [6.07, 6.45) is 0.546. The van der Waals surface area contributed by atoms with Crippen molar-refractivity contribution in [2.75, 3.05) is 25.0 Å². The van der Waals surface area contributed by atoms with Gasteiger partial charge in [0.1, 0.15) is 5.60 Å². The Hall–Kier alpha value is -2.35. The number of carboxylic acids is 1. The molecule has 2 heterocycles. The number of carboxylic acid groups (broad SMARTS) is 1. The van der Waals surface area contributed by atoms with Gasteiger partial charge in [-0.05, 0) is 56.9 Å². The molecule has 1 aliphatic heterocycles. The molecule has 1 aliphatic rings. The van der Waals surface area contributed by atoms with Crippen molar-refractivity contribution in [1.82, 2.24) is 9.27 Å². The Labute approximate surface area is 156 Å². The third-order valence-corrected chi connectivity index (χ3v) is 5.22. The van der Waals surface area contributed by atoms with Crippen molar-refractivity contribution in [3.05, 3.63) is 23.9 Å². The van der Waals surface area contributed by atoms with E-state index in [4.69, 9.17) is 9.84 Å². The van der Waals surface area contributed by atoms with Crippen LogP contribution < -0.4 is 4.90 Å². The van der Waals surface area contributed by atoms with Crippen molar-refractivity contribution >= 4 is 39.4 Å². The SMILES string of the molecule is CN(C(=O)OC(C)(C)C)C1CCN(c2ccc3c(C(=O)O)nsc3c2)C1. The van der Waals surface area contributed by atoms with Gasteiger partial charge < -0.3 is 19.6 Å². The van der Waals surface area contributed by atoms with Crippen LogP contribution in [0.2, 0.25) is 0 Å². The summed E-state index contributed by atoms with van der Waals surface area (Å²) in [7, 11) is 1.77. The fourth-order valence-corrected chi connectivity index (χ4v) is 3.86. The van der Waals surface area contributed by atoms with Crippen LogP contribution in [0.5, 0.6) is 0 Å². The molecule has 0 radical (unpaired) electrons. The van der Waals surface area contributed by atoms with Crippen LogP contribution in [0.4, 0.5) is 10.5 Å². The highest BCUT2D eigenvalue weighted by atomic mass is 32.1. The normalized spacial score (nSPS) is 17.5. The first kappa shape index (κ1) is 18.4. The molecule has 140 valence electrons. The number of hydrogen-bond donors (Lipinski definition) is 1. The molecule has 3 rings (SSSR count). The van der Waals surface area contributed by atoms with E-state index in [-0.39, 0.29) is 17.8 Å². The van der Waals surface area contributed by atoms with Gasteiger partial charge in [-0.3, -0.25) is 0 Å². The predicted octanol–water partition coefficient (Wildman–Crippen LogP) is 3.44. The molecule has 0 aliphatic carbocycles. The van der Waals surface area contributed by atoms with Gasteiger partial charge in [-0.1, -0.05) is 0 Å². The summed E-state index contributed by atoms with van der Waals surface area (Å²) in [5, 5.41) is 9.83. The Balaban J connectivity index is 1.71. The highest BCUT2D eigenvalue weighted by molar-refractivity contribution is 7.13. The van der Waals surface area contributed by atoms with Crippen LogP contribution in [-0.4, -0.2) is 58.2 Å². The van der Waals surface area contributed by atoms with Crippen LogP contribution in [0.3, 0.4) is 0 Å². The van der Waals surface area contributed by atoms with Crippen molar-refractivity contribution in [2.45, 2.75) is 38.8 Å². The van der Waals surface area contributed by atoms with E-state index >= 15 is 0 Å². The van der Waals surface area contributed by atoms with Gasteiger partial charge in [0.2, 0.25) is 0 Å². The van der Waals surface area contributed by atoms with Crippen LogP contribution in [0.25, 0.3) is 10.1 Å². The number of amides is 1. The van der Waals surface area contributed by atoms with E-state index in [2.05, 4.69) is 9.27 Å². The Morgan fingerprint density at radius 1 is 1.38 bits per heavy atom. The standard InChI is InChI=1S/C18H23N3O4S/c1-18(2,3)25-17(24)20(4)12-7-8-21(10-12)11-5-6-13-14(9-11)26-19-15(13)16(22)23/h5-6,9,12H,7-8,10H2,1-4H3,(H,22,23). The molecule has 8 heteroatoms. The maximum absolute atomic E-state index is 12.3. The summed E-state index contributed by atoms with van der Waals surface area (Å²) < 4.78 is 10.3. The quantitative estimate of drug-likeness (QED) is 0.882. The molecule has 26 heavy (non-hydrogen) atoms. The average Bonchev–Trinajstić information content (AvgIpc) is 3.18. The molecular weight excluding hydrogens is 354 g/mol. The van der Waals surface area contributed by atoms with Gasteiger partial charge in [-0.15, -0.1) is 0 Å². The second-order valence-corrected chi connectivity index (χ2v) is 8.30. The number of aromatic carboxylic acids is 1. The number of aromatic nitrogens is 1. The molecule has 1 atom stereocenters. The second kappa shape index (κ2) is 6.75. The highest BCUT2D eigenvalue weighted by Crippen LogP contribution is 2.30. The summed E-state index contributed by atoms with van der Waals surface area (Å²) in [6.45, 7) is 7.11. The Bertz CT molecular complexity index is 843. The van der Waals surface area contributed by atoms with Gasteiger partial charge >= 0.3 is 12.1 Å². The topological polar surface area (TPSA) is 83.0 Å². The molecule has 0 spiro atoms. The number of carbonyl (C=O) groups excluding carboxylic acids is 1. The second-order valence-electron chi connectivity index (χ2n) is 7.50. The number of anilines is 1. The lowest BCUT2D eigenvalue weighted by Gasteiger charge is -2.28. The molecule has 2 aromatic rings. The Morgan fingerprint density at radius 2 is 2.12 bits per heavy atom. The number of ether oxygens (including phenoxy) is 1. The van der Waals surface area contributed by atoms with Crippen LogP contribution in [0.15, 0.2) is 18.2 Å². The largest absolute Gasteiger partial charge is 0.476 e. The van der Waals surface area contributed by atoms with Crippen molar-refractivity contribution in [2.24, 2.45) is 0 Å². The van der Waals surface area contributed by atoms with Gasteiger partial charge in [0, 0.05) is 31.2 Å². The summed E-state index contributed by atoms with van der Waals surface area (Å²) in [6, 6.07) is 5.77.